The second kappa shape index (κ2) is 14.2. The van der Waals surface area contributed by atoms with E-state index in [1.54, 1.807) is 6.08 Å². The van der Waals surface area contributed by atoms with Crippen LogP contribution in [0.2, 0.25) is 0 Å². The fourth-order valence-corrected chi connectivity index (χ4v) is 2.90. The molecule has 0 bridgehead atoms. The predicted octanol–water partition coefficient (Wildman–Crippen LogP) is -3.73. The number of amides is 1. The molecule has 0 fully saturated rings. The summed E-state index contributed by atoms with van der Waals surface area (Å²) in [5.74, 6) is -2.73. The molecule has 0 rings (SSSR count). The molecule has 3 atom stereocenters. The molecule has 26 heavy (non-hydrogen) atoms. The van der Waals surface area contributed by atoms with Crippen LogP contribution < -0.4 is 40.0 Å². The second-order valence-electron chi connectivity index (χ2n) is 6.17. The molecule has 0 aromatic heterocycles. The molecule has 9 heteroatoms. The molecule has 0 aliphatic rings. The number of nitrogens with zero attached hydrogens (tertiary/aromatic N) is 1. The number of hydrogen-bond acceptors (Lipinski definition) is 5. The zero-order chi connectivity index (χ0) is 19.5. The Hall–Kier alpha value is -0.930. The third-order valence-electron chi connectivity index (χ3n) is 4.67. The van der Waals surface area contributed by atoms with Gasteiger partial charge in [0.2, 0.25) is 5.91 Å². The van der Waals surface area contributed by atoms with E-state index >= 15 is 0 Å². The number of quaternary nitrogens is 1. The van der Waals surface area contributed by atoms with Crippen LogP contribution in [0.4, 0.5) is 0 Å². The maximum absolute atomic E-state index is 11.8. The van der Waals surface area contributed by atoms with Gasteiger partial charge >= 0.3 is 35.5 Å². The van der Waals surface area contributed by atoms with Crippen LogP contribution in [-0.2, 0) is 14.4 Å². The summed E-state index contributed by atoms with van der Waals surface area (Å²) in [5.41, 5.74) is 0. The Morgan fingerprint density at radius 1 is 1.19 bits per heavy atom. The quantitative estimate of drug-likeness (QED) is 0.123. The van der Waals surface area contributed by atoms with Crippen molar-refractivity contribution in [1.29, 1.82) is 0 Å². The van der Waals surface area contributed by atoms with Gasteiger partial charge in [-0.2, -0.15) is 0 Å². The van der Waals surface area contributed by atoms with Crippen LogP contribution in [0.25, 0.3) is 0 Å². The zero-order valence-electron chi connectivity index (χ0n) is 16.1. The Morgan fingerprint density at radius 3 is 2.27 bits per heavy atom. The maximum atomic E-state index is 11.8. The van der Waals surface area contributed by atoms with Gasteiger partial charge in [-0.05, 0) is 33.1 Å². The molecule has 0 aromatic rings. The van der Waals surface area contributed by atoms with Crippen molar-refractivity contribution in [3.05, 3.63) is 12.7 Å². The van der Waals surface area contributed by atoms with Crippen LogP contribution in [0.15, 0.2) is 12.7 Å². The minimum absolute atomic E-state index is 0. The first-order chi connectivity index (χ1) is 11.7. The number of aliphatic carboxylic acids is 2. The van der Waals surface area contributed by atoms with Crippen LogP contribution in [-0.4, -0.2) is 70.9 Å². The van der Waals surface area contributed by atoms with E-state index in [9.17, 15) is 29.7 Å². The van der Waals surface area contributed by atoms with E-state index in [-0.39, 0.29) is 61.7 Å². The third-order valence-corrected chi connectivity index (χ3v) is 4.67. The maximum Gasteiger partial charge on any atom is 1.00 e. The van der Waals surface area contributed by atoms with Gasteiger partial charge in [0.05, 0.1) is 25.7 Å². The van der Waals surface area contributed by atoms with E-state index in [4.69, 9.17) is 0 Å². The summed E-state index contributed by atoms with van der Waals surface area (Å²) in [6, 6.07) is -2.20. The van der Waals surface area contributed by atoms with Gasteiger partial charge in [-0.25, -0.2) is 4.79 Å². The van der Waals surface area contributed by atoms with E-state index in [0.717, 1.165) is 19.3 Å². The molecule has 3 N–H and O–H groups in total. The molecule has 0 spiro atoms. The van der Waals surface area contributed by atoms with Crippen LogP contribution in [0, 0.1) is 0 Å². The molecular formula is C17H30N2NaO6+. The van der Waals surface area contributed by atoms with Gasteiger partial charge in [-0.1, -0.05) is 6.08 Å². The largest absolute Gasteiger partial charge is 1.00 e. The zero-order valence-corrected chi connectivity index (χ0v) is 18.1. The summed E-state index contributed by atoms with van der Waals surface area (Å²) in [7, 11) is 0. The number of aliphatic hydroxyl groups is 1. The summed E-state index contributed by atoms with van der Waals surface area (Å²) in [4.78, 5) is 34.6. The van der Waals surface area contributed by atoms with Gasteiger partial charge in [0.25, 0.3) is 0 Å². The monoisotopic (exact) mass is 381 g/mol. The van der Waals surface area contributed by atoms with Gasteiger partial charge in [-0.15, -0.1) is 6.58 Å². The number of rotatable bonds is 14. The predicted molar refractivity (Wildman–Crippen MR) is 90.3 cm³/mol. The molecule has 0 radical (unpaired) electrons. The summed E-state index contributed by atoms with van der Waals surface area (Å²) in [6.45, 7) is 6.13. The van der Waals surface area contributed by atoms with E-state index in [1.165, 1.54) is 13.8 Å². The van der Waals surface area contributed by atoms with Gasteiger partial charge in [0.15, 0.2) is 6.04 Å². The number of hydrogen-bond donors (Lipinski definition) is 3. The first kappa shape index (κ1) is 27.3. The number of carboxylic acids is 2. The van der Waals surface area contributed by atoms with Crippen LogP contribution in [0.1, 0.15) is 39.5 Å². The SMILES string of the molecule is C=CCCCCC(=O)NCC[N+](CCO)(C(C)C(=O)[O-])C(C)C(=O)O.[Na+]. The molecule has 0 saturated heterocycles. The van der Waals surface area contributed by atoms with E-state index in [2.05, 4.69) is 11.9 Å². The molecular weight excluding hydrogens is 351 g/mol. The summed E-state index contributed by atoms with van der Waals surface area (Å²) in [6.07, 6.45) is 4.54. The van der Waals surface area contributed by atoms with Gasteiger partial charge < -0.3 is 29.9 Å². The first-order valence-corrected chi connectivity index (χ1v) is 8.51. The Bertz CT molecular complexity index is 452. The van der Waals surface area contributed by atoms with E-state index < -0.39 is 28.5 Å². The molecule has 0 aliphatic heterocycles. The Balaban J connectivity index is 0. The number of nitrogens with one attached hydrogen (secondary N) is 1. The number of aliphatic hydroxyl groups excluding tert-OH is 1. The molecule has 144 valence electrons. The number of unbranched alkanes of at least 4 members (excludes halogenated alkanes) is 2. The summed E-state index contributed by atoms with van der Waals surface area (Å²) >= 11 is 0. The Labute approximate surface area is 177 Å². The minimum atomic E-state index is -1.39. The van der Waals surface area contributed by atoms with Crippen molar-refractivity contribution in [2.24, 2.45) is 0 Å². The fourth-order valence-electron chi connectivity index (χ4n) is 2.90. The van der Waals surface area contributed by atoms with Gasteiger partial charge in [0, 0.05) is 6.42 Å². The topological polar surface area (TPSA) is 127 Å². The number of allylic oxidation sites excluding steroid dienone is 1. The molecule has 0 saturated carbocycles. The van der Waals surface area contributed by atoms with Gasteiger partial charge in [0.1, 0.15) is 12.6 Å². The second-order valence-corrected chi connectivity index (χ2v) is 6.17. The smallest absolute Gasteiger partial charge is 0.544 e. The molecule has 0 heterocycles. The van der Waals surface area contributed by atoms with E-state index in [0.29, 0.717) is 6.42 Å². The standard InChI is InChI=1S/C17H30N2O6.Na/c1-4-5-6-7-8-15(21)18-9-10-19(11-12-20,13(2)16(22)23)14(3)17(24)25;/h4,13-14,20H,1,5-12H2,2-3H3,(H2-,18,21,22,23,24,25);/q;+1. The number of carboxylic acid groups (broad SMARTS) is 2. The number of carbonyl (C=O) groups is 3. The van der Waals surface area contributed by atoms with Crippen molar-refractivity contribution in [3.8, 4) is 0 Å². The van der Waals surface area contributed by atoms with E-state index in [1.807, 2.05) is 0 Å². The minimum Gasteiger partial charge on any atom is -0.544 e. The summed E-state index contributed by atoms with van der Waals surface area (Å²) < 4.78 is -0.398. The molecule has 8 nitrogen and oxygen atoms in total. The normalized spacial score (nSPS) is 15.0. The van der Waals surface area contributed by atoms with Crippen LogP contribution in [0.5, 0.6) is 0 Å². The van der Waals surface area contributed by atoms with Crippen molar-refractivity contribution < 1.29 is 63.7 Å². The van der Waals surface area contributed by atoms with Crippen molar-refractivity contribution in [3.63, 3.8) is 0 Å². The number of carbonyl (C=O) groups excluding carboxylic acids is 2. The first-order valence-electron chi connectivity index (χ1n) is 8.51. The van der Waals surface area contributed by atoms with Crippen molar-refractivity contribution >= 4 is 17.8 Å². The molecule has 0 aromatic carbocycles. The van der Waals surface area contributed by atoms with Crippen LogP contribution >= 0.6 is 0 Å². The molecule has 1 amide bonds. The average Bonchev–Trinajstić information content (AvgIpc) is 2.56. The Morgan fingerprint density at radius 2 is 1.81 bits per heavy atom. The van der Waals surface area contributed by atoms with Crippen molar-refractivity contribution in [1.82, 2.24) is 5.32 Å². The molecule has 0 aliphatic carbocycles. The Kier molecular flexibility index (Phi) is 14.9. The average molecular weight is 381 g/mol. The van der Waals surface area contributed by atoms with Gasteiger partial charge in [-0.3, -0.25) is 4.79 Å². The summed E-state index contributed by atoms with van der Waals surface area (Å²) in [5, 5.41) is 32.7. The van der Waals surface area contributed by atoms with Crippen LogP contribution in [0.3, 0.4) is 0 Å². The third kappa shape index (κ3) is 8.64. The van der Waals surface area contributed by atoms with Crippen molar-refractivity contribution in [2.75, 3.05) is 26.2 Å². The fraction of sp³-hybridized carbons (Fsp3) is 0.706. The molecule has 3 unspecified atom stereocenters. The van der Waals surface area contributed by atoms with Crippen molar-refractivity contribution in [2.45, 2.75) is 51.6 Å².